The molecule has 1 aromatic heterocycles. The van der Waals surface area contributed by atoms with Crippen LogP contribution in [0.4, 0.5) is 11.9 Å². The minimum atomic E-state index is 0.111. The highest BCUT2D eigenvalue weighted by Crippen LogP contribution is 2.42. The summed E-state index contributed by atoms with van der Waals surface area (Å²) in [6.45, 7) is 32.2. The summed E-state index contributed by atoms with van der Waals surface area (Å²) in [5.41, 5.74) is 0.445. The van der Waals surface area contributed by atoms with Crippen LogP contribution in [0.5, 0.6) is 0 Å². The highest BCUT2D eigenvalue weighted by Gasteiger charge is 2.47. The Kier molecular flexibility index (Phi) is 18.7. The van der Waals surface area contributed by atoms with Crippen molar-refractivity contribution < 1.29 is 0 Å². The van der Waals surface area contributed by atoms with Gasteiger partial charge >= 0.3 is 0 Å². The van der Waals surface area contributed by atoms with E-state index < -0.39 is 0 Å². The molecular formula is C44H87N7. The summed E-state index contributed by atoms with van der Waals surface area (Å²) in [5, 5.41) is 0. The lowest BCUT2D eigenvalue weighted by atomic mass is 9.77. The van der Waals surface area contributed by atoms with Gasteiger partial charge in [0, 0.05) is 47.3 Å². The van der Waals surface area contributed by atoms with Gasteiger partial charge in [0.25, 0.3) is 0 Å². The normalized spacial score (nSPS) is 20.5. The third kappa shape index (κ3) is 13.7. The first-order valence-electron chi connectivity index (χ1n) is 21.6. The third-order valence-electron chi connectivity index (χ3n) is 12.7. The Morgan fingerprint density at radius 3 is 1.02 bits per heavy atom. The van der Waals surface area contributed by atoms with E-state index in [9.17, 15) is 0 Å². The number of nitrogens with zero attached hydrogens (tertiary/aromatic N) is 7. The number of hydrogen-bond acceptors (Lipinski definition) is 7. The monoisotopic (exact) mass is 714 g/mol. The molecule has 0 aliphatic carbocycles. The molecule has 2 saturated heterocycles. The van der Waals surface area contributed by atoms with Crippen molar-refractivity contribution in [2.24, 2.45) is 0 Å². The average molecular weight is 714 g/mol. The number of rotatable bonds is 19. The largest absolute Gasteiger partial charge is 0.338 e. The molecule has 0 bridgehead atoms. The van der Waals surface area contributed by atoms with Crippen molar-refractivity contribution in [1.82, 2.24) is 24.8 Å². The van der Waals surface area contributed by atoms with E-state index in [0.717, 1.165) is 82.2 Å². The standard InChI is InChI=1S/C32H61N7.C12H26/c1-14-16-18-38(25-20-29(4,5)36(12)30(6,7)21-25)27-33-24(3)34-28(35-27)39(19-17-15-2)26-22-31(8,9)37(13)32(10,11)23-26;1-3-5-7-9-11-12-10-8-6-4-2/h25-26H,14-23H2,1-13H3;3-12H2,1-2H3. The minimum Gasteiger partial charge on any atom is -0.338 e. The molecule has 2 fully saturated rings. The van der Waals surface area contributed by atoms with Crippen molar-refractivity contribution in [3.63, 3.8) is 0 Å². The van der Waals surface area contributed by atoms with E-state index in [1.165, 1.54) is 64.2 Å². The zero-order valence-corrected chi connectivity index (χ0v) is 36.9. The van der Waals surface area contributed by atoms with Crippen LogP contribution in [0.1, 0.15) is 204 Å². The zero-order chi connectivity index (χ0) is 38.5. The highest BCUT2D eigenvalue weighted by molar-refractivity contribution is 5.42. The highest BCUT2D eigenvalue weighted by atomic mass is 15.4. The van der Waals surface area contributed by atoms with E-state index in [2.05, 4.69) is 124 Å². The Labute approximate surface area is 318 Å². The molecule has 0 N–H and O–H groups in total. The molecule has 3 heterocycles. The van der Waals surface area contributed by atoms with Crippen LogP contribution in [0, 0.1) is 6.92 Å². The summed E-state index contributed by atoms with van der Waals surface area (Å²) < 4.78 is 0. The van der Waals surface area contributed by atoms with Crippen LogP contribution < -0.4 is 9.80 Å². The average Bonchev–Trinajstić information content (AvgIpc) is 3.04. The Hall–Kier alpha value is -1.47. The molecule has 0 saturated carbocycles. The van der Waals surface area contributed by atoms with Crippen LogP contribution in [-0.2, 0) is 0 Å². The van der Waals surface area contributed by atoms with Gasteiger partial charge in [0.2, 0.25) is 11.9 Å². The SMILES string of the molecule is CCCCCCCCCCCC.CCCCN(c1nc(C)nc(N(CCCC)C2CC(C)(C)N(C)C(C)(C)C2)n1)C1CC(C)(C)N(C)C(C)(C)C1. The topological polar surface area (TPSA) is 51.6 Å². The molecule has 298 valence electrons. The number of unbranched alkanes of at least 4 members (excludes halogenated alkanes) is 11. The molecule has 3 rings (SSSR count). The molecule has 0 spiro atoms. The van der Waals surface area contributed by atoms with Gasteiger partial charge in [-0.05, 0) is 115 Å². The lowest BCUT2D eigenvalue weighted by Gasteiger charge is -2.56. The maximum atomic E-state index is 5.32. The number of anilines is 2. The van der Waals surface area contributed by atoms with Gasteiger partial charge in [-0.3, -0.25) is 9.80 Å². The van der Waals surface area contributed by atoms with Crippen molar-refractivity contribution in [3.8, 4) is 0 Å². The van der Waals surface area contributed by atoms with Gasteiger partial charge in [0.05, 0.1) is 0 Å². The molecule has 51 heavy (non-hydrogen) atoms. The molecule has 0 amide bonds. The number of aryl methyl sites for hydroxylation is 1. The zero-order valence-electron chi connectivity index (χ0n) is 36.9. The maximum Gasteiger partial charge on any atom is 0.230 e. The van der Waals surface area contributed by atoms with E-state index in [1.807, 2.05) is 0 Å². The predicted octanol–water partition coefficient (Wildman–Crippen LogP) is 11.6. The summed E-state index contributed by atoms with van der Waals surface area (Å²) in [6, 6.07) is 0.801. The van der Waals surface area contributed by atoms with Crippen LogP contribution >= 0.6 is 0 Å². The van der Waals surface area contributed by atoms with E-state index in [4.69, 9.17) is 15.0 Å². The van der Waals surface area contributed by atoms with Crippen LogP contribution in [0.15, 0.2) is 0 Å². The first-order valence-corrected chi connectivity index (χ1v) is 21.6. The van der Waals surface area contributed by atoms with E-state index in [-0.39, 0.29) is 22.2 Å². The maximum absolute atomic E-state index is 5.32. The summed E-state index contributed by atoms with van der Waals surface area (Å²) in [5.74, 6) is 2.58. The third-order valence-corrected chi connectivity index (χ3v) is 12.7. The van der Waals surface area contributed by atoms with Gasteiger partial charge in [-0.2, -0.15) is 15.0 Å². The molecule has 0 aromatic carbocycles. The summed E-state index contributed by atoms with van der Waals surface area (Å²) in [6.07, 6.45) is 23.5. The van der Waals surface area contributed by atoms with E-state index in [1.54, 1.807) is 0 Å². The quantitative estimate of drug-likeness (QED) is 0.132. The second-order valence-corrected chi connectivity index (χ2v) is 18.9. The minimum absolute atomic E-state index is 0.111. The first-order chi connectivity index (χ1) is 23.9. The Bertz CT molecular complexity index is 994. The van der Waals surface area contributed by atoms with Crippen molar-refractivity contribution in [2.75, 3.05) is 37.0 Å². The summed E-state index contributed by atoms with van der Waals surface area (Å²) >= 11 is 0. The van der Waals surface area contributed by atoms with Crippen LogP contribution in [0.2, 0.25) is 0 Å². The van der Waals surface area contributed by atoms with Crippen molar-refractivity contribution in [1.29, 1.82) is 0 Å². The molecular weight excluding hydrogens is 627 g/mol. The van der Waals surface area contributed by atoms with Crippen molar-refractivity contribution in [2.45, 2.75) is 240 Å². The number of hydrogen-bond donors (Lipinski definition) is 0. The Morgan fingerprint density at radius 1 is 0.471 bits per heavy atom. The molecule has 0 radical (unpaired) electrons. The molecule has 7 heteroatoms. The van der Waals surface area contributed by atoms with E-state index >= 15 is 0 Å². The van der Waals surface area contributed by atoms with Gasteiger partial charge in [-0.25, -0.2) is 0 Å². The molecule has 2 aliphatic heterocycles. The van der Waals surface area contributed by atoms with Crippen LogP contribution in [0.3, 0.4) is 0 Å². The Balaban J connectivity index is 0.000000641. The number of piperidine rings is 2. The van der Waals surface area contributed by atoms with Gasteiger partial charge in [-0.15, -0.1) is 0 Å². The second kappa shape index (κ2) is 20.8. The smallest absolute Gasteiger partial charge is 0.230 e. The fourth-order valence-electron chi connectivity index (χ4n) is 8.90. The van der Waals surface area contributed by atoms with Crippen molar-refractivity contribution >= 4 is 11.9 Å². The Morgan fingerprint density at radius 2 is 0.745 bits per heavy atom. The second-order valence-electron chi connectivity index (χ2n) is 18.9. The molecule has 2 aliphatic rings. The number of likely N-dealkylation sites (tertiary alicyclic amines) is 2. The van der Waals surface area contributed by atoms with E-state index in [0.29, 0.717) is 12.1 Å². The molecule has 0 atom stereocenters. The fourth-order valence-corrected chi connectivity index (χ4v) is 8.90. The van der Waals surface area contributed by atoms with Crippen LogP contribution in [-0.4, -0.2) is 86.2 Å². The van der Waals surface area contributed by atoms with Gasteiger partial charge in [0.15, 0.2) is 0 Å². The van der Waals surface area contributed by atoms with Gasteiger partial charge < -0.3 is 9.80 Å². The summed E-state index contributed by atoms with van der Waals surface area (Å²) in [7, 11) is 4.57. The van der Waals surface area contributed by atoms with Crippen molar-refractivity contribution in [3.05, 3.63) is 5.82 Å². The molecule has 7 nitrogen and oxygen atoms in total. The summed E-state index contributed by atoms with van der Waals surface area (Å²) in [4.78, 5) is 25.5. The first kappa shape index (κ1) is 45.7. The molecule has 0 unspecified atom stereocenters. The number of aromatic nitrogens is 3. The predicted molar refractivity (Wildman–Crippen MR) is 224 cm³/mol. The van der Waals surface area contributed by atoms with Gasteiger partial charge in [0.1, 0.15) is 5.82 Å². The molecule has 1 aromatic rings. The lowest BCUT2D eigenvalue weighted by molar-refractivity contribution is -0.0130. The lowest BCUT2D eigenvalue weighted by Crippen LogP contribution is -2.63. The van der Waals surface area contributed by atoms with Gasteiger partial charge in [-0.1, -0.05) is 105 Å². The fraction of sp³-hybridized carbons (Fsp3) is 0.932. The van der Waals surface area contributed by atoms with Crippen LogP contribution in [0.25, 0.3) is 0 Å².